The molecule has 0 radical (unpaired) electrons. The van der Waals surface area contributed by atoms with Crippen LogP contribution in [0.2, 0.25) is 0 Å². The van der Waals surface area contributed by atoms with Crippen molar-refractivity contribution in [3.63, 3.8) is 0 Å². The van der Waals surface area contributed by atoms with Crippen molar-refractivity contribution in [3.05, 3.63) is 65.0 Å². The fourth-order valence-corrected chi connectivity index (χ4v) is 4.07. The lowest BCUT2D eigenvalue weighted by Gasteiger charge is -2.33. The lowest BCUT2D eigenvalue weighted by atomic mass is 9.73. The summed E-state index contributed by atoms with van der Waals surface area (Å²) in [5.74, 6) is 1.85. The fourth-order valence-electron chi connectivity index (χ4n) is 4.07. The Labute approximate surface area is 144 Å². The quantitative estimate of drug-likeness (QED) is 0.852. The van der Waals surface area contributed by atoms with Gasteiger partial charge >= 0.3 is 0 Å². The Morgan fingerprint density at radius 1 is 1.21 bits per heavy atom. The van der Waals surface area contributed by atoms with E-state index in [2.05, 4.69) is 23.5 Å². The molecule has 1 N–H and O–H groups in total. The second-order valence-corrected chi connectivity index (χ2v) is 6.68. The number of halogens is 1. The van der Waals surface area contributed by atoms with Gasteiger partial charge in [-0.15, -0.1) is 0 Å². The van der Waals surface area contributed by atoms with E-state index >= 15 is 0 Å². The molecule has 0 aliphatic heterocycles. The van der Waals surface area contributed by atoms with Gasteiger partial charge in [0, 0.05) is 0 Å². The molecule has 0 saturated carbocycles. The van der Waals surface area contributed by atoms with E-state index in [1.807, 2.05) is 19.2 Å². The van der Waals surface area contributed by atoms with Crippen LogP contribution in [0, 0.1) is 11.7 Å². The highest BCUT2D eigenvalue weighted by Crippen LogP contribution is 2.41. The first-order chi connectivity index (χ1) is 11.7. The van der Waals surface area contributed by atoms with Gasteiger partial charge in [-0.25, -0.2) is 4.39 Å². The van der Waals surface area contributed by atoms with Crippen molar-refractivity contribution in [2.45, 2.75) is 31.6 Å². The molecule has 0 amide bonds. The zero-order valence-electron chi connectivity index (χ0n) is 14.5. The summed E-state index contributed by atoms with van der Waals surface area (Å²) in [4.78, 5) is 0. The summed E-state index contributed by atoms with van der Waals surface area (Å²) < 4.78 is 18.8. The monoisotopic (exact) mass is 327 g/mol. The molecule has 2 unspecified atom stereocenters. The van der Waals surface area contributed by atoms with Crippen molar-refractivity contribution >= 4 is 0 Å². The van der Waals surface area contributed by atoms with Gasteiger partial charge in [-0.3, -0.25) is 0 Å². The van der Waals surface area contributed by atoms with Gasteiger partial charge in [0.25, 0.3) is 0 Å². The molecule has 0 bridgehead atoms. The van der Waals surface area contributed by atoms with Crippen LogP contribution >= 0.6 is 0 Å². The molecule has 128 valence electrons. The number of fused-ring (bicyclic) bond motifs is 1. The van der Waals surface area contributed by atoms with Gasteiger partial charge in [-0.05, 0) is 86.0 Å². The van der Waals surface area contributed by atoms with E-state index in [9.17, 15) is 4.39 Å². The van der Waals surface area contributed by atoms with Crippen LogP contribution in [0.3, 0.4) is 0 Å². The molecule has 0 spiro atoms. The maximum Gasteiger partial charge on any atom is 0.123 e. The van der Waals surface area contributed by atoms with Gasteiger partial charge in [0.05, 0.1) is 7.11 Å². The van der Waals surface area contributed by atoms with Gasteiger partial charge in [0.2, 0.25) is 0 Å². The summed E-state index contributed by atoms with van der Waals surface area (Å²) in [6, 6.07) is 13.4. The topological polar surface area (TPSA) is 21.3 Å². The van der Waals surface area contributed by atoms with Gasteiger partial charge in [-0.2, -0.15) is 0 Å². The van der Waals surface area contributed by atoms with Gasteiger partial charge in [-0.1, -0.05) is 24.3 Å². The minimum Gasteiger partial charge on any atom is -0.496 e. The molecule has 24 heavy (non-hydrogen) atoms. The van der Waals surface area contributed by atoms with Gasteiger partial charge in [0.15, 0.2) is 0 Å². The Hall–Kier alpha value is -1.87. The first-order valence-corrected chi connectivity index (χ1v) is 8.77. The third kappa shape index (κ3) is 3.62. The lowest BCUT2D eigenvalue weighted by Crippen LogP contribution is -2.29. The molecule has 2 aromatic carbocycles. The van der Waals surface area contributed by atoms with Crippen molar-refractivity contribution in [1.29, 1.82) is 0 Å². The number of hydrogen-bond donors (Lipinski definition) is 1. The second kappa shape index (κ2) is 7.80. The Kier molecular flexibility index (Phi) is 5.52. The summed E-state index contributed by atoms with van der Waals surface area (Å²) in [5.41, 5.74) is 4.01. The second-order valence-electron chi connectivity index (χ2n) is 6.68. The first-order valence-electron chi connectivity index (χ1n) is 8.77. The number of benzene rings is 2. The largest absolute Gasteiger partial charge is 0.496 e. The summed E-state index contributed by atoms with van der Waals surface area (Å²) >= 11 is 0. The van der Waals surface area contributed by atoms with E-state index < -0.39 is 0 Å². The van der Waals surface area contributed by atoms with Crippen LogP contribution in [0.5, 0.6) is 5.75 Å². The van der Waals surface area contributed by atoms with Crippen LogP contribution in [0.1, 0.15) is 35.4 Å². The summed E-state index contributed by atoms with van der Waals surface area (Å²) in [7, 11) is 3.76. The molecule has 0 aromatic heterocycles. The molecule has 2 nitrogen and oxygen atoms in total. The van der Waals surface area contributed by atoms with Crippen molar-refractivity contribution < 1.29 is 9.13 Å². The molecular weight excluding hydrogens is 301 g/mol. The first kappa shape index (κ1) is 17.0. The molecule has 2 atom stereocenters. The highest BCUT2D eigenvalue weighted by Gasteiger charge is 2.29. The molecule has 0 heterocycles. The Balaban J connectivity index is 1.88. The van der Waals surface area contributed by atoms with Crippen LogP contribution in [-0.2, 0) is 12.8 Å². The average molecular weight is 327 g/mol. The summed E-state index contributed by atoms with van der Waals surface area (Å²) in [5, 5.41) is 3.35. The summed E-state index contributed by atoms with van der Waals surface area (Å²) in [6.45, 7) is 0.957. The zero-order chi connectivity index (χ0) is 16.9. The zero-order valence-corrected chi connectivity index (χ0v) is 14.5. The van der Waals surface area contributed by atoms with Crippen LogP contribution in [0.4, 0.5) is 4.39 Å². The number of methoxy groups -OCH3 is 1. The maximum absolute atomic E-state index is 13.2. The van der Waals surface area contributed by atoms with Crippen molar-refractivity contribution in [3.8, 4) is 5.75 Å². The van der Waals surface area contributed by atoms with E-state index in [-0.39, 0.29) is 5.82 Å². The predicted molar refractivity (Wildman–Crippen MR) is 96.2 cm³/mol. The van der Waals surface area contributed by atoms with Crippen LogP contribution in [0.15, 0.2) is 42.5 Å². The molecule has 0 saturated heterocycles. The SMILES string of the molecule is CNCC(Cc1ccc(F)cc1)C1CCCc2c(OC)cccc21. The molecule has 1 aliphatic rings. The predicted octanol–water partition coefficient (Wildman–Crippen LogP) is 4.33. The number of hydrogen-bond acceptors (Lipinski definition) is 2. The van der Waals surface area contributed by atoms with Crippen LogP contribution in [-0.4, -0.2) is 20.7 Å². The standard InChI is InChI=1S/C21H26FNO/c1-23-14-16(13-15-9-11-17(22)12-10-15)18-5-3-7-20-19(18)6-4-8-21(20)24-2/h4,6,8-12,16,18,23H,3,5,7,13-14H2,1-2H3. The average Bonchev–Trinajstić information content (AvgIpc) is 2.62. The van der Waals surface area contributed by atoms with Gasteiger partial charge in [0.1, 0.15) is 11.6 Å². The highest BCUT2D eigenvalue weighted by atomic mass is 19.1. The summed E-state index contributed by atoms with van der Waals surface area (Å²) in [6.07, 6.45) is 4.45. The van der Waals surface area contributed by atoms with E-state index in [1.165, 1.54) is 29.5 Å². The Bertz CT molecular complexity index is 668. The van der Waals surface area contributed by atoms with E-state index in [0.717, 1.165) is 25.1 Å². The Morgan fingerprint density at radius 2 is 2.00 bits per heavy atom. The number of rotatable bonds is 6. The van der Waals surface area contributed by atoms with Crippen molar-refractivity contribution in [1.82, 2.24) is 5.32 Å². The molecule has 1 aliphatic carbocycles. The normalized spacial score (nSPS) is 18.0. The van der Waals surface area contributed by atoms with E-state index in [0.29, 0.717) is 11.8 Å². The van der Waals surface area contributed by atoms with E-state index in [4.69, 9.17) is 4.74 Å². The Morgan fingerprint density at radius 3 is 2.71 bits per heavy atom. The van der Waals surface area contributed by atoms with E-state index in [1.54, 1.807) is 19.2 Å². The highest BCUT2D eigenvalue weighted by molar-refractivity contribution is 5.44. The smallest absolute Gasteiger partial charge is 0.123 e. The minimum atomic E-state index is -0.170. The molecule has 2 aromatic rings. The number of ether oxygens (including phenoxy) is 1. The lowest BCUT2D eigenvalue weighted by molar-refractivity contribution is 0.355. The van der Waals surface area contributed by atoms with Crippen LogP contribution < -0.4 is 10.1 Å². The molecule has 0 fully saturated rings. The van der Waals surface area contributed by atoms with Crippen LogP contribution in [0.25, 0.3) is 0 Å². The maximum atomic E-state index is 13.2. The van der Waals surface area contributed by atoms with Crippen molar-refractivity contribution in [2.75, 3.05) is 20.7 Å². The third-order valence-corrected chi connectivity index (χ3v) is 5.18. The fraction of sp³-hybridized carbons (Fsp3) is 0.429. The molecule has 3 heteroatoms. The minimum absolute atomic E-state index is 0.170. The molecule has 3 rings (SSSR count). The third-order valence-electron chi connectivity index (χ3n) is 5.18. The van der Waals surface area contributed by atoms with Crippen molar-refractivity contribution in [2.24, 2.45) is 5.92 Å². The number of nitrogens with one attached hydrogen (secondary N) is 1. The molecular formula is C21H26FNO. The van der Waals surface area contributed by atoms with Gasteiger partial charge < -0.3 is 10.1 Å².